The van der Waals surface area contributed by atoms with Gasteiger partial charge in [-0.25, -0.2) is 0 Å². The summed E-state index contributed by atoms with van der Waals surface area (Å²) in [5, 5.41) is 2.96. The lowest BCUT2D eigenvalue weighted by Gasteiger charge is -2.17. The van der Waals surface area contributed by atoms with E-state index < -0.39 is 0 Å². The Hall–Kier alpha value is -2.62. The summed E-state index contributed by atoms with van der Waals surface area (Å²) in [6, 6.07) is 7.46. The standard InChI is InChI=1S/C20H24N2O2/c1-6-15-10-9-11-16(7-2)19(15)21-20(24)18-14(5)22(8-3)13(4)12-17(18)23/h8-12H,3,6-7H2,1-2,4-5H3,(H,21,24). The number of hydrogen-bond acceptors (Lipinski definition) is 2. The molecule has 4 heteroatoms. The number of nitrogens with one attached hydrogen (secondary N) is 1. The molecule has 1 aromatic heterocycles. The Kier molecular flexibility index (Phi) is 5.39. The summed E-state index contributed by atoms with van der Waals surface area (Å²) in [6.45, 7) is 11.4. The Morgan fingerprint density at radius 1 is 1.21 bits per heavy atom. The largest absolute Gasteiger partial charge is 0.325 e. The number of carbonyl (C=O) groups is 1. The lowest BCUT2D eigenvalue weighted by atomic mass is 10.0. The molecule has 0 spiro atoms. The number of nitrogens with zero attached hydrogens (tertiary/aromatic N) is 1. The number of pyridine rings is 1. The number of aryl methyl sites for hydroxylation is 3. The van der Waals surface area contributed by atoms with Crippen LogP contribution in [0.15, 0.2) is 35.6 Å². The predicted octanol–water partition coefficient (Wildman–Crippen LogP) is 3.94. The van der Waals surface area contributed by atoms with E-state index in [0.717, 1.165) is 35.3 Å². The van der Waals surface area contributed by atoms with Crippen LogP contribution in [0.3, 0.4) is 0 Å². The van der Waals surface area contributed by atoms with Crippen molar-refractivity contribution in [2.45, 2.75) is 40.5 Å². The van der Waals surface area contributed by atoms with Crippen LogP contribution in [0.1, 0.15) is 46.7 Å². The number of amides is 1. The Morgan fingerprint density at radius 2 is 1.79 bits per heavy atom. The highest BCUT2D eigenvalue weighted by Gasteiger charge is 2.18. The Bertz CT molecular complexity index is 825. The van der Waals surface area contributed by atoms with Crippen molar-refractivity contribution in [3.8, 4) is 0 Å². The van der Waals surface area contributed by atoms with Crippen LogP contribution < -0.4 is 10.7 Å². The quantitative estimate of drug-likeness (QED) is 0.905. The third-order valence-corrected chi connectivity index (χ3v) is 4.34. The molecule has 1 amide bonds. The zero-order valence-electron chi connectivity index (χ0n) is 14.8. The Balaban J connectivity index is 2.53. The maximum absolute atomic E-state index is 12.8. The molecule has 4 nitrogen and oxygen atoms in total. The molecule has 2 aromatic rings. The lowest BCUT2D eigenvalue weighted by Crippen LogP contribution is -2.26. The molecule has 1 N–H and O–H groups in total. The van der Waals surface area contributed by atoms with Crippen LogP contribution in [-0.4, -0.2) is 10.5 Å². The van der Waals surface area contributed by atoms with Gasteiger partial charge in [-0.3, -0.25) is 9.59 Å². The van der Waals surface area contributed by atoms with Crippen LogP contribution in [0.5, 0.6) is 0 Å². The molecule has 1 heterocycles. The predicted molar refractivity (Wildman–Crippen MR) is 99.7 cm³/mol. The molecule has 126 valence electrons. The third kappa shape index (κ3) is 3.18. The zero-order valence-corrected chi connectivity index (χ0v) is 14.8. The van der Waals surface area contributed by atoms with Gasteiger partial charge in [0.2, 0.25) is 0 Å². The van der Waals surface area contributed by atoms with Gasteiger partial charge in [-0.05, 0) is 37.8 Å². The second-order valence-corrected chi connectivity index (χ2v) is 5.78. The van der Waals surface area contributed by atoms with E-state index in [1.54, 1.807) is 17.7 Å². The van der Waals surface area contributed by atoms with Gasteiger partial charge < -0.3 is 9.88 Å². The van der Waals surface area contributed by atoms with Gasteiger partial charge in [0, 0.05) is 29.3 Å². The average Bonchev–Trinajstić information content (AvgIpc) is 2.54. The molecule has 0 bridgehead atoms. The minimum absolute atomic E-state index is 0.161. The van der Waals surface area contributed by atoms with Crippen molar-refractivity contribution in [2.24, 2.45) is 0 Å². The fourth-order valence-corrected chi connectivity index (χ4v) is 3.03. The summed E-state index contributed by atoms with van der Waals surface area (Å²) in [6.07, 6.45) is 3.23. The fourth-order valence-electron chi connectivity index (χ4n) is 3.03. The number of anilines is 1. The molecule has 0 fully saturated rings. The van der Waals surface area contributed by atoms with Gasteiger partial charge in [0.15, 0.2) is 5.43 Å². The molecule has 0 saturated heterocycles. The zero-order chi connectivity index (χ0) is 17.9. The van der Waals surface area contributed by atoms with E-state index in [4.69, 9.17) is 0 Å². The van der Waals surface area contributed by atoms with E-state index in [1.165, 1.54) is 6.07 Å². The van der Waals surface area contributed by atoms with Crippen LogP contribution in [0, 0.1) is 13.8 Å². The highest BCUT2D eigenvalue weighted by molar-refractivity contribution is 6.05. The monoisotopic (exact) mass is 324 g/mol. The van der Waals surface area contributed by atoms with Crippen LogP contribution in [0.4, 0.5) is 5.69 Å². The van der Waals surface area contributed by atoms with E-state index in [-0.39, 0.29) is 16.9 Å². The lowest BCUT2D eigenvalue weighted by molar-refractivity contribution is 0.102. The average molecular weight is 324 g/mol. The van der Waals surface area contributed by atoms with Gasteiger partial charge in [-0.1, -0.05) is 38.6 Å². The highest BCUT2D eigenvalue weighted by Crippen LogP contribution is 2.23. The SMILES string of the molecule is C=Cn1c(C)cc(=O)c(C(=O)Nc2c(CC)cccc2CC)c1C. The summed E-state index contributed by atoms with van der Waals surface area (Å²) in [4.78, 5) is 25.2. The van der Waals surface area contributed by atoms with Gasteiger partial charge >= 0.3 is 0 Å². The Morgan fingerprint density at radius 3 is 2.29 bits per heavy atom. The first-order chi connectivity index (χ1) is 11.4. The summed E-state index contributed by atoms with van der Waals surface area (Å²) < 4.78 is 1.75. The Labute approximate surface area is 142 Å². The maximum Gasteiger partial charge on any atom is 0.261 e. The molecule has 1 aromatic carbocycles. The summed E-state index contributed by atoms with van der Waals surface area (Å²) in [5.74, 6) is -0.372. The van der Waals surface area contributed by atoms with Crippen molar-refractivity contribution in [3.63, 3.8) is 0 Å². The molecule has 0 aliphatic rings. The maximum atomic E-state index is 12.8. The number of para-hydroxylation sites is 1. The normalized spacial score (nSPS) is 10.5. The van der Waals surface area contributed by atoms with Gasteiger partial charge in [0.25, 0.3) is 5.91 Å². The first-order valence-electron chi connectivity index (χ1n) is 8.21. The van der Waals surface area contributed by atoms with Crippen LogP contribution in [0.2, 0.25) is 0 Å². The van der Waals surface area contributed by atoms with E-state index in [1.807, 2.05) is 39.0 Å². The number of hydrogen-bond donors (Lipinski definition) is 1. The van der Waals surface area contributed by atoms with Crippen LogP contribution in [-0.2, 0) is 12.8 Å². The van der Waals surface area contributed by atoms with Gasteiger partial charge in [-0.15, -0.1) is 0 Å². The molecule has 0 unspecified atom stereocenters. The van der Waals surface area contributed by atoms with E-state index in [9.17, 15) is 9.59 Å². The fraction of sp³-hybridized carbons (Fsp3) is 0.300. The smallest absolute Gasteiger partial charge is 0.261 e. The number of aromatic nitrogens is 1. The van der Waals surface area contributed by atoms with E-state index >= 15 is 0 Å². The number of carbonyl (C=O) groups excluding carboxylic acids is 1. The number of benzene rings is 1. The molecule has 0 atom stereocenters. The van der Waals surface area contributed by atoms with E-state index in [2.05, 4.69) is 11.9 Å². The van der Waals surface area contributed by atoms with Gasteiger partial charge in [0.1, 0.15) is 5.56 Å². The molecular weight excluding hydrogens is 300 g/mol. The first-order valence-corrected chi connectivity index (χ1v) is 8.21. The van der Waals surface area contributed by atoms with Gasteiger partial charge in [0.05, 0.1) is 0 Å². The van der Waals surface area contributed by atoms with Crippen molar-refractivity contribution in [1.29, 1.82) is 0 Å². The van der Waals surface area contributed by atoms with Crippen LogP contribution in [0.25, 0.3) is 6.20 Å². The minimum Gasteiger partial charge on any atom is -0.325 e. The molecule has 0 radical (unpaired) electrons. The minimum atomic E-state index is -0.372. The highest BCUT2D eigenvalue weighted by atomic mass is 16.2. The molecule has 24 heavy (non-hydrogen) atoms. The summed E-state index contributed by atoms with van der Waals surface area (Å²) in [7, 11) is 0. The van der Waals surface area contributed by atoms with Crippen molar-refractivity contribution in [3.05, 3.63) is 69.1 Å². The van der Waals surface area contributed by atoms with Crippen molar-refractivity contribution >= 4 is 17.8 Å². The number of rotatable bonds is 5. The second-order valence-electron chi connectivity index (χ2n) is 5.78. The third-order valence-electron chi connectivity index (χ3n) is 4.34. The van der Waals surface area contributed by atoms with E-state index in [0.29, 0.717) is 5.69 Å². The molecule has 0 saturated carbocycles. The first kappa shape index (κ1) is 17.7. The topological polar surface area (TPSA) is 51.1 Å². The van der Waals surface area contributed by atoms with Crippen molar-refractivity contribution in [2.75, 3.05) is 5.32 Å². The van der Waals surface area contributed by atoms with Gasteiger partial charge in [-0.2, -0.15) is 0 Å². The summed E-state index contributed by atoms with van der Waals surface area (Å²) in [5.41, 5.74) is 4.19. The van der Waals surface area contributed by atoms with Crippen LogP contribution >= 0.6 is 0 Å². The molecule has 0 aliphatic carbocycles. The van der Waals surface area contributed by atoms with Crippen molar-refractivity contribution < 1.29 is 4.79 Å². The summed E-state index contributed by atoms with van der Waals surface area (Å²) >= 11 is 0. The molecule has 2 rings (SSSR count). The molecular formula is C20H24N2O2. The van der Waals surface area contributed by atoms with Crippen molar-refractivity contribution in [1.82, 2.24) is 4.57 Å². The second kappa shape index (κ2) is 7.30. The molecule has 0 aliphatic heterocycles.